The highest BCUT2D eigenvalue weighted by Crippen LogP contribution is 2.29. The molecule has 0 radical (unpaired) electrons. The Labute approximate surface area is 127 Å². The van der Waals surface area contributed by atoms with Crippen LogP contribution in [0.15, 0.2) is 41.3 Å². The maximum Gasteiger partial charge on any atom is 0.340 e. The topological polar surface area (TPSA) is 52.3 Å². The van der Waals surface area contributed by atoms with Gasteiger partial charge in [-0.3, -0.25) is 0 Å². The van der Waals surface area contributed by atoms with Crippen LogP contribution in [0.5, 0.6) is 0 Å². The number of carbonyl (C=O) groups excluding carboxylic acids is 1. The molecule has 0 amide bonds. The Hall–Kier alpha value is -2.01. The third kappa shape index (κ3) is 3.76. The summed E-state index contributed by atoms with van der Waals surface area (Å²) in [6.07, 6.45) is 0. The second kappa shape index (κ2) is 6.63. The molecule has 0 aliphatic carbocycles. The normalized spacial score (nSPS) is 10.4. The Morgan fingerprint density at radius 2 is 2.05 bits per heavy atom. The minimum atomic E-state index is -0.672. The molecule has 0 aliphatic rings. The average Bonchev–Trinajstić information content (AvgIpc) is 2.45. The number of methoxy groups -OCH3 is 1. The van der Waals surface area contributed by atoms with Crippen LogP contribution in [0, 0.1) is 12.7 Å². The van der Waals surface area contributed by atoms with Crippen LogP contribution < -0.4 is 5.73 Å². The summed E-state index contributed by atoms with van der Waals surface area (Å²) < 4.78 is 18.3. The standard InChI is InChI=1S/C16H16FNO2S/c1-10-3-6-15(14(18)7-10)21-9-11-4-5-12(13(17)8-11)16(19)20-2/h3-8H,9,18H2,1-2H3. The van der Waals surface area contributed by atoms with E-state index in [2.05, 4.69) is 4.74 Å². The molecule has 3 nitrogen and oxygen atoms in total. The van der Waals surface area contributed by atoms with Gasteiger partial charge in [-0.2, -0.15) is 0 Å². The van der Waals surface area contributed by atoms with Crippen molar-refractivity contribution in [1.82, 2.24) is 0 Å². The summed E-state index contributed by atoms with van der Waals surface area (Å²) in [7, 11) is 1.23. The number of aryl methyl sites for hydroxylation is 1. The summed E-state index contributed by atoms with van der Waals surface area (Å²) in [6.45, 7) is 1.98. The van der Waals surface area contributed by atoms with Gasteiger partial charge in [0, 0.05) is 16.3 Å². The number of anilines is 1. The first-order valence-corrected chi connectivity index (χ1v) is 7.35. The number of nitrogen functional groups attached to an aromatic ring is 1. The van der Waals surface area contributed by atoms with Crippen molar-refractivity contribution in [2.75, 3.05) is 12.8 Å². The Bertz CT molecular complexity index is 673. The predicted octanol–water partition coefficient (Wildman–Crippen LogP) is 3.80. The number of benzene rings is 2. The molecule has 2 N–H and O–H groups in total. The van der Waals surface area contributed by atoms with Crippen molar-refractivity contribution in [3.63, 3.8) is 0 Å². The third-order valence-electron chi connectivity index (χ3n) is 3.00. The van der Waals surface area contributed by atoms with Gasteiger partial charge < -0.3 is 10.5 Å². The third-order valence-corrected chi connectivity index (χ3v) is 4.16. The zero-order valence-electron chi connectivity index (χ0n) is 11.9. The number of rotatable bonds is 4. The minimum Gasteiger partial charge on any atom is -0.465 e. The van der Waals surface area contributed by atoms with E-state index in [1.54, 1.807) is 6.07 Å². The number of esters is 1. The molecule has 0 saturated carbocycles. The summed E-state index contributed by atoms with van der Waals surface area (Å²) in [4.78, 5) is 12.3. The lowest BCUT2D eigenvalue weighted by Crippen LogP contribution is -2.04. The monoisotopic (exact) mass is 305 g/mol. The summed E-state index contributed by atoms with van der Waals surface area (Å²) >= 11 is 1.53. The SMILES string of the molecule is COC(=O)c1ccc(CSc2ccc(C)cc2N)cc1F. The lowest BCUT2D eigenvalue weighted by Gasteiger charge is -2.07. The zero-order chi connectivity index (χ0) is 15.4. The fourth-order valence-corrected chi connectivity index (χ4v) is 2.78. The van der Waals surface area contributed by atoms with Crippen molar-refractivity contribution < 1.29 is 13.9 Å². The fraction of sp³-hybridized carbons (Fsp3) is 0.188. The van der Waals surface area contributed by atoms with Crippen LogP contribution in [0.25, 0.3) is 0 Å². The average molecular weight is 305 g/mol. The molecule has 2 rings (SSSR count). The summed E-state index contributed by atoms with van der Waals surface area (Å²) in [5, 5.41) is 0. The van der Waals surface area contributed by atoms with Crippen LogP contribution in [0.2, 0.25) is 0 Å². The first kappa shape index (κ1) is 15.4. The molecule has 21 heavy (non-hydrogen) atoms. The van der Waals surface area contributed by atoms with E-state index < -0.39 is 11.8 Å². The Morgan fingerprint density at radius 1 is 1.29 bits per heavy atom. The van der Waals surface area contributed by atoms with Gasteiger partial charge in [0.25, 0.3) is 0 Å². The second-order valence-corrected chi connectivity index (χ2v) is 5.65. The number of halogens is 1. The van der Waals surface area contributed by atoms with Crippen LogP contribution >= 0.6 is 11.8 Å². The maximum atomic E-state index is 13.8. The van der Waals surface area contributed by atoms with Crippen molar-refractivity contribution in [2.45, 2.75) is 17.6 Å². The minimum absolute atomic E-state index is 0.0545. The molecule has 2 aromatic carbocycles. The molecule has 110 valence electrons. The highest BCUT2D eigenvalue weighted by Gasteiger charge is 2.12. The van der Waals surface area contributed by atoms with E-state index in [4.69, 9.17) is 5.73 Å². The number of hydrogen-bond acceptors (Lipinski definition) is 4. The summed E-state index contributed by atoms with van der Waals surface area (Å²) in [5.41, 5.74) is 8.49. The molecule has 0 saturated heterocycles. The van der Waals surface area contributed by atoms with Gasteiger partial charge >= 0.3 is 5.97 Å². The molecule has 0 atom stereocenters. The van der Waals surface area contributed by atoms with Crippen LogP contribution in [0.1, 0.15) is 21.5 Å². The Kier molecular flexibility index (Phi) is 4.85. The van der Waals surface area contributed by atoms with Crippen molar-refractivity contribution in [1.29, 1.82) is 0 Å². The highest BCUT2D eigenvalue weighted by molar-refractivity contribution is 7.98. The largest absolute Gasteiger partial charge is 0.465 e. The number of hydrogen-bond donors (Lipinski definition) is 1. The summed E-state index contributed by atoms with van der Waals surface area (Å²) in [6, 6.07) is 10.4. The second-order valence-electron chi connectivity index (χ2n) is 4.64. The molecule has 0 fully saturated rings. The van der Waals surface area contributed by atoms with Gasteiger partial charge in [-0.15, -0.1) is 11.8 Å². The van der Waals surface area contributed by atoms with E-state index in [-0.39, 0.29) is 5.56 Å². The van der Waals surface area contributed by atoms with E-state index >= 15 is 0 Å². The van der Waals surface area contributed by atoms with Crippen LogP contribution in [0.4, 0.5) is 10.1 Å². The molecule has 0 bridgehead atoms. The highest BCUT2D eigenvalue weighted by atomic mass is 32.2. The fourth-order valence-electron chi connectivity index (χ4n) is 1.88. The van der Waals surface area contributed by atoms with E-state index in [1.807, 2.05) is 25.1 Å². The Morgan fingerprint density at radius 3 is 2.67 bits per heavy atom. The van der Waals surface area contributed by atoms with Crippen molar-refractivity contribution in [3.05, 3.63) is 58.9 Å². The zero-order valence-corrected chi connectivity index (χ0v) is 12.7. The van der Waals surface area contributed by atoms with Gasteiger partial charge in [0.15, 0.2) is 0 Å². The maximum absolute atomic E-state index is 13.8. The lowest BCUT2D eigenvalue weighted by atomic mass is 10.1. The van der Waals surface area contributed by atoms with Crippen LogP contribution in [0.3, 0.4) is 0 Å². The van der Waals surface area contributed by atoms with Gasteiger partial charge in [-0.05, 0) is 42.3 Å². The first-order chi connectivity index (χ1) is 10.0. The van der Waals surface area contributed by atoms with Gasteiger partial charge in [0.1, 0.15) is 5.82 Å². The molecule has 0 heterocycles. The van der Waals surface area contributed by atoms with Crippen molar-refractivity contribution in [2.24, 2.45) is 0 Å². The van der Waals surface area contributed by atoms with Gasteiger partial charge in [-0.1, -0.05) is 12.1 Å². The van der Waals surface area contributed by atoms with Crippen molar-refractivity contribution >= 4 is 23.4 Å². The quantitative estimate of drug-likeness (QED) is 0.530. The van der Waals surface area contributed by atoms with Crippen LogP contribution in [-0.4, -0.2) is 13.1 Å². The molecule has 0 unspecified atom stereocenters. The predicted molar refractivity (Wildman–Crippen MR) is 82.9 cm³/mol. The number of ether oxygens (including phenoxy) is 1. The van der Waals surface area contributed by atoms with E-state index in [9.17, 15) is 9.18 Å². The van der Waals surface area contributed by atoms with E-state index in [1.165, 1.54) is 31.0 Å². The van der Waals surface area contributed by atoms with Gasteiger partial charge in [0.2, 0.25) is 0 Å². The molecule has 0 spiro atoms. The first-order valence-electron chi connectivity index (χ1n) is 6.37. The lowest BCUT2D eigenvalue weighted by molar-refractivity contribution is 0.0595. The Balaban J connectivity index is 2.10. The summed E-state index contributed by atoms with van der Waals surface area (Å²) in [5.74, 6) is -0.669. The molecule has 5 heteroatoms. The molecule has 0 aromatic heterocycles. The number of carbonyl (C=O) groups is 1. The van der Waals surface area contributed by atoms with Gasteiger partial charge in [-0.25, -0.2) is 9.18 Å². The van der Waals surface area contributed by atoms with Gasteiger partial charge in [0.05, 0.1) is 12.7 Å². The molecular weight excluding hydrogens is 289 g/mol. The number of thioether (sulfide) groups is 1. The molecule has 2 aromatic rings. The van der Waals surface area contributed by atoms with Crippen molar-refractivity contribution in [3.8, 4) is 0 Å². The van der Waals surface area contributed by atoms with E-state index in [0.717, 1.165) is 16.0 Å². The molecule has 0 aliphatic heterocycles. The molecular formula is C16H16FNO2S. The smallest absolute Gasteiger partial charge is 0.340 e. The van der Waals surface area contributed by atoms with E-state index in [0.29, 0.717) is 11.4 Å². The number of nitrogens with two attached hydrogens (primary N) is 1. The van der Waals surface area contributed by atoms with Crippen LogP contribution in [-0.2, 0) is 10.5 Å².